The van der Waals surface area contributed by atoms with Crippen LogP contribution < -0.4 is 5.32 Å². The summed E-state index contributed by atoms with van der Waals surface area (Å²) in [6.07, 6.45) is 0. The number of carbonyl (C=O) groups is 2. The number of nitrogens with zero attached hydrogens (tertiary/aromatic N) is 3. The third-order valence-corrected chi connectivity index (χ3v) is 4.71. The molecule has 0 bridgehead atoms. The first-order valence-electron chi connectivity index (χ1n) is 8.21. The Balaban J connectivity index is 1.94. The van der Waals surface area contributed by atoms with Crippen LogP contribution in [0.4, 0.5) is 10.5 Å². The van der Waals surface area contributed by atoms with Crippen molar-refractivity contribution in [2.24, 2.45) is 10.5 Å². The van der Waals surface area contributed by atoms with Gasteiger partial charge in [0.05, 0.1) is 19.4 Å². The number of amides is 2. The Bertz CT molecular complexity index is 902. The number of ether oxygens (including phenoxy) is 1. The normalized spacial score (nSPS) is 19.0. The molecule has 2 aromatic rings. The van der Waals surface area contributed by atoms with Crippen molar-refractivity contribution in [3.05, 3.63) is 46.3 Å². The van der Waals surface area contributed by atoms with Gasteiger partial charge in [0, 0.05) is 5.02 Å². The zero-order valence-electron chi connectivity index (χ0n) is 15.4. The molecule has 1 aliphatic heterocycles. The average Bonchev–Trinajstić information content (AvgIpc) is 3.17. The number of aromatic nitrogens is 1. The SMILES string of the molecule is COC(=O)C1(C)CN(C(=O)Nc2c(C)noc2C)N=C1c1ccc(Cl)cc1. The Morgan fingerprint density at radius 3 is 2.52 bits per heavy atom. The molecule has 1 N–H and O–H groups in total. The highest BCUT2D eigenvalue weighted by Crippen LogP contribution is 2.33. The van der Waals surface area contributed by atoms with Crippen molar-refractivity contribution >= 4 is 35.0 Å². The molecule has 1 aromatic carbocycles. The van der Waals surface area contributed by atoms with E-state index < -0.39 is 17.4 Å². The van der Waals surface area contributed by atoms with E-state index in [4.69, 9.17) is 20.9 Å². The first-order valence-corrected chi connectivity index (χ1v) is 8.59. The van der Waals surface area contributed by atoms with Crippen LogP contribution in [-0.2, 0) is 9.53 Å². The summed E-state index contributed by atoms with van der Waals surface area (Å²) in [5.41, 5.74) is 1.03. The number of hydrogen-bond acceptors (Lipinski definition) is 6. The lowest BCUT2D eigenvalue weighted by molar-refractivity contribution is -0.147. The maximum absolute atomic E-state index is 12.7. The molecule has 1 aromatic heterocycles. The minimum atomic E-state index is -1.11. The Hall–Kier alpha value is -2.87. The fraction of sp³-hybridized carbons (Fsp3) is 0.333. The van der Waals surface area contributed by atoms with Crippen LogP contribution in [0.5, 0.6) is 0 Å². The van der Waals surface area contributed by atoms with Gasteiger partial charge in [-0.3, -0.25) is 4.79 Å². The maximum Gasteiger partial charge on any atom is 0.342 e. The summed E-state index contributed by atoms with van der Waals surface area (Å²) in [6.45, 7) is 5.14. The van der Waals surface area contributed by atoms with Crippen LogP contribution in [0.1, 0.15) is 23.9 Å². The molecule has 0 fully saturated rings. The zero-order valence-corrected chi connectivity index (χ0v) is 16.1. The molecule has 0 spiro atoms. The summed E-state index contributed by atoms with van der Waals surface area (Å²) in [7, 11) is 1.31. The highest BCUT2D eigenvalue weighted by atomic mass is 35.5. The number of aryl methyl sites for hydroxylation is 2. The number of halogens is 1. The smallest absolute Gasteiger partial charge is 0.342 e. The highest BCUT2D eigenvalue weighted by molar-refractivity contribution is 6.30. The maximum atomic E-state index is 12.7. The number of esters is 1. The predicted octanol–water partition coefficient (Wildman–Crippen LogP) is 3.38. The van der Waals surface area contributed by atoms with E-state index in [1.54, 1.807) is 45.0 Å². The Labute approximate surface area is 161 Å². The molecule has 3 rings (SSSR count). The van der Waals surface area contributed by atoms with Crippen molar-refractivity contribution in [3.8, 4) is 0 Å². The van der Waals surface area contributed by atoms with Gasteiger partial charge in [0.25, 0.3) is 0 Å². The van der Waals surface area contributed by atoms with Gasteiger partial charge in [0.1, 0.15) is 16.8 Å². The van der Waals surface area contributed by atoms with E-state index >= 15 is 0 Å². The number of hydrazone groups is 1. The Morgan fingerprint density at radius 1 is 1.30 bits per heavy atom. The van der Waals surface area contributed by atoms with Crippen LogP contribution in [0.3, 0.4) is 0 Å². The number of rotatable bonds is 3. The van der Waals surface area contributed by atoms with Crippen molar-refractivity contribution in [1.29, 1.82) is 0 Å². The van der Waals surface area contributed by atoms with Gasteiger partial charge < -0.3 is 14.6 Å². The molecule has 9 heteroatoms. The van der Waals surface area contributed by atoms with E-state index in [0.29, 0.717) is 33.4 Å². The van der Waals surface area contributed by atoms with E-state index in [0.717, 1.165) is 0 Å². The van der Waals surface area contributed by atoms with Gasteiger partial charge in [0.15, 0.2) is 5.76 Å². The molecule has 1 atom stereocenters. The Morgan fingerprint density at radius 2 is 1.96 bits per heavy atom. The van der Waals surface area contributed by atoms with Gasteiger partial charge in [-0.2, -0.15) is 5.10 Å². The number of carbonyl (C=O) groups excluding carboxylic acids is 2. The summed E-state index contributed by atoms with van der Waals surface area (Å²) < 4.78 is 10.0. The summed E-state index contributed by atoms with van der Waals surface area (Å²) in [6, 6.07) is 6.40. The van der Waals surface area contributed by atoms with E-state index in [9.17, 15) is 9.59 Å². The molecular formula is C18H19ClN4O4. The van der Waals surface area contributed by atoms with Gasteiger partial charge >= 0.3 is 12.0 Å². The zero-order chi connectivity index (χ0) is 19.8. The molecule has 1 unspecified atom stereocenters. The molecule has 27 heavy (non-hydrogen) atoms. The number of urea groups is 1. The molecule has 1 aliphatic rings. The highest BCUT2D eigenvalue weighted by Gasteiger charge is 2.48. The number of hydrogen-bond donors (Lipinski definition) is 1. The van der Waals surface area contributed by atoms with Gasteiger partial charge in [-0.05, 0) is 38.5 Å². The van der Waals surface area contributed by atoms with E-state index in [-0.39, 0.29) is 6.54 Å². The molecular weight excluding hydrogens is 372 g/mol. The standard InChI is InChI=1S/C18H19ClN4O4/c1-10-14(11(2)27-22-10)20-17(25)23-9-18(3,16(24)26-4)15(21-23)12-5-7-13(19)8-6-12/h5-8H,9H2,1-4H3,(H,20,25). The minimum Gasteiger partial charge on any atom is -0.468 e. The van der Waals surface area contributed by atoms with Gasteiger partial charge in [-0.15, -0.1) is 0 Å². The van der Waals surface area contributed by atoms with Crippen molar-refractivity contribution in [2.45, 2.75) is 20.8 Å². The second kappa shape index (κ2) is 7.03. The van der Waals surface area contributed by atoms with Crippen LogP contribution >= 0.6 is 11.6 Å². The lowest BCUT2D eigenvalue weighted by atomic mass is 9.82. The predicted molar refractivity (Wildman–Crippen MR) is 99.8 cm³/mol. The van der Waals surface area contributed by atoms with Gasteiger partial charge in [-0.1, -0.05) is 28.9 Å². The van der Waals surface area contributed by atoms with Crippen LogP contribution in [0.2, 0.25) is 5.02 Å². The summed E-state index contributed by atoms with van der Waals surface area (Å²) >= 11 is 5.95. The summed E-state index contributed by atoms with van der Waals surface area (Å²) in [5.74, 6) is 0.00141. The van der Waals surface area contributed by atoms with Crippen molar-refractivity contribution < 1.29 is 18.8 Å². The molecule has 2 amide bonds. The lowest BCUT2D eigenvalue weighted by Gasteiger charge is -2.23. The van der Waals surface area contributed by atoms with E-state index in [1.165, 1.54) is 12.1 Å². The monoisotopic (exact) mass is 390 g/mol. The first-order chi connectivity index (χ1) is 12.8. The fourth-order valence-corrected chi connectivity index (χ4v) is 3.09. The number of benzene rings is 1. The number of methoxy groups -OCH3 is 1. The molecule has 142 valence electrons. The van der Waals surface area contributed by atoms with E-state index in [1.807, 2.05) is 0 Å². The number of anilines is 1. The van der Waals surface area contributed by atoms with Crippen LogP contribution in [0.25, 0.3) is 0 Å². The summed E-state index contributed by atoms with van der Waals surface area (Å²) in [4.78, 5) is 25.2. The third-order valence-electron chi connectivity index (χ3n) is 4.46. The lowest BCUT2D eigenvalue weighted by Crippen LogP contribution is -2.42. The third kappa shape index (κ3) is 3.40. The fourth-order valence-electron chi connectivity index (χ4n) is 2.96. The molecule has 2 heterocycles. The average molecular weight is 391 g/mol. The van der Waals surface area contributed by atoms with Crippen molar-refractivity contribution in [2.75, 3.05) is 19.0 Å². The topological polar surface area (TPSA) is 97.0 Å². The van der Waals surface area contributed by atoms with Gasteiger partial charge in [0.2, 0.25) is 0 Å². The second-order valence-corrected chi connectivity index (χ2v) is 6.90. The molecule has 8 nitrogen and oxygen atoms in total. The second-order valence-electron chi connectivity index (χ2n) is 6.47. The van der Waals surface area contributed by atoms with E-state index in [2.05, 4.69) is 15.6 Å². The number of nitrogens with one attached hydrogen (secondary N) is 1. The quantitative estimate of drug-likeness (QED) is 0.810. The van der Waals surface area contributed by atoms with Crippen LogP contribution in [0.15, 0.2) is 33.9 Å². The molecule has 0 saturated carbocycles. The first kappa shape index (κ1) is 18.9. The van der Waals surface area contributed by atoms with Crippen molar-refractivity contribution in [3.63, 3.8) is 0 Å². The molecule has 0 aliphatic carbocycles. The summed E-state index contributed by atoms with van der Waals surface area (Å²) in [5, 5.41) is 12.7. The molecule has 0 saturated heterocycles. The van der Waals surface area contributed by atoms with Crippen molar-refractivity contribution in [1.82, 2.24) is 10.2 Å². The largest absolute Gasteiger partial charge is 0.468 e. The van der Waals surface area contributed by atoms with Gasteiger partial charge in [-0.25, -0.2) is 9.80 Å². The van der Waals surface area contributed by atoms with Crippen LogP contribution in [0, 0.1) is 19.3 Å². The molecule has 0 radical (unpaired) electrons. The minimum absolute atomic E-state index is 0.0346. The Kier molecular flexibility index (Phi) is 4.93. The van der Waals surface area contributed by atoms with Crippen LogP contribution in [-0.4, -0.2) is 41.5 Å².